The first kappa shape index (κ1) is 28.6. The molecular weight excluding hydrogens is 494 g/mol. The fraction of sp³-hybridized carbons (Fsp3) is 0.500. The Balaban J connectivity index is 1.83. The van der Waals surface area contributed by atoms with E-state index < -0.39 is 60.2 Å². The molecule has 12 nitrogen and oxygen atoms in total. The van der Waals surface area contributed by atoms with E-state index in [1.165, 1.54) is 0 Å². The van der Waals surface area contributed by atoms with Gasteiger partial charge in [0.1, 0.15) is 18.1 Å². The Morgan fingerprint density at radius 3 is 2.29 bits per heavy atom. The molecule has 3 amide bonds. The van der Waals surface area contributed by atoms with Crippen molar-refractivity contribution in [3.63, 3.8) is 0 Å². The average molecular weight is 530 g/mol. The molecule has 1 aliphatic rings. The van der Waals surface area contributed by atoms with Crippen LogP contribution in [0.5, 0.6) is 0 Å². The van der Waals surface area contributed by atoms with Crippen LogP contribution in [0.1, 0.15) is 45.1 Å². The molecule has 1 aliphatic heterocycles. The molecule has 2 heterocycles. The number of H-pyrrole nitrogens is 1. The number of aromatic amines is 1. The first-order valence-electron chi connectivity index (χ1n) is 12.7. The summed E-state index contributed by atoms with van der Waals surface area (Å²) in [4.78, 5) is 65.4. The van der Waals surface area contributed by atoms with Gasteiger partial charge in [0.25, 0.3) is 0 Å². The van der Waals surface area contributed by atoms with Crippen molar-refractivity contribution >= 4 is 40.6 Å². The molecule has 1 aromatic carbocycles. The van der Waals surface area contributed by atoms with Crippen molar-refractivity contribution in [2.45, 2.75) is 70.1 Å². The Hall–Kier alpha value is -3.93. The van der Waals surface area contributed by atoms with Crippen LogP contribution in [0.3, 0.4) is 0 Å². The number of aromatic nitrogens is 1. The number of carboxylic acids is 2. The first-order chi connectivity index (χ1) is 18.0. The van der Waals surface area contributed by atoms with Crippen molar-refractivity contribution < 1.29 is 34.2 Å². The van der Waals surface area contributed by atoms with Crippen LogP contribution in [0, 0.1) is 5.92 Å². The molecule has 0 spiro atoms. The predicted octanol–water partition coefficient (Wildman–Crippen LogP) is 0.522. The van der Waals surface area contributed by atoms with Crippen molar-refractivity contribution in [3.05, 3.63) is 36.0 Å². The van der Waals surface area contributed by atoms with Gasteiger partial charge < -0.3 is 36.5 Å². The predicted molar refractivity (Wildman–Crippen MR) is 138 cm³/mol. The van der Waals surface area contributed by atoms with Gasteiger partial charge in [0, 0.05) is 23.5 Å². The summed E-state index contributed by atoms with van der Waals surface area (Å²) >= 11 is 0. The van der Waals surface area contributed by atoms with E-state index in [0.717, 1.165) is 17.3 Å². The normalized spacial score (nSPS) is 17.5. The molecule has 1 fully saturated rings. The first-order valence-corrected chi connectivity index (χ1v) is 12.7. The minimum Gasteiger partial charge on any atom is -0.481 e. The minimum atomic E-state index is -1.42. The van der Waals surface area contributed by atoms with Crippen LogP contribution in [0.15, 0.2) is 30.5 Å². The second kappa shape index (κ2) is 13.0. The van der Waals surface area contributed by atoms with Crippen LogP contribution >= 0.6 is 0 Å². The van der Waals surface area contributed by atoms with Crippen molar-refractivity contribution in [2.75, 3.05) is 6.54 Å². The fourth-order valence-corrected chi connectivity index (χ4v) is 4.53. The Morgan fingerprint density at radius 2 is 1.66 bits per heavy atom. The molecule has 2 aromatic rings. The number of rotatable bonds is 13. The van der Waals surface area contributed by atoms with Gasteiger partial charge in [0.05, 0.1) is 12.5 Å². The van der Waals surface area contributed by atoms with Gasteiger partial charge in [-0.1, -0.05) is 32.0 Å². The summed E-state index contributed by atoms with van der Waals surface area (Å²) in [5, 5.41) is 30.3. The number of benzene rings is 1. The second-order valence-corrected chi connectivity index (χ2v) is 9.96. The van der Waals surface area contributed by atoms with Crippen LogP contribution in [0.25, 0.3) is 10.9 Å². The van der Waals surface area contributed by atoms with Gasteiger partial charge in [-0.2, -0.15) is 0 Å². The third-order valence-corrected chi connectivity index (χ3v) is 6.44. The van der Waals surface area contributed by atoms with E-state index in [-0.39, 0.29) is 18.8 Å². The maximum atomic E-state index is 13.3. The minimum absolute atomic E-state index is 0.00746. The molecule has 0 radical (unpaired) electrons. The molecule has 206 valence electrons. The van der Waals surface area contributed by atoms with Crippen molar-refractivity contribution in [3.8, 4) is 0 Å². The lowest BCUT2D eigenvalue weighted by atomic mass is 10.0. The highest BCUT2D eigenvalue weighted by molar-refractivity contribution is 5.96. The van der Waals surface area contributed by atoms with E-state index in [9.17, 15) is 34.2 Å². The van der Waals surface area contributed by atoms with Crippen LogP contribution in [-0.2, 0) is 30.4 Å². The van der Waals surface area contributed by atoms with E-state index in [0.29, 0.717) is 18.5 Å². The maximum Gasteiger partial charge on any atom is 0.326 e. The smallest absolute Gasteiger partial charge is 0.326 e. The number of para-hydroxylation sites is 1. The largest absolute Gasteiger partial charge is 0.481 e. The summed E-state index contributed by atoms with van der Waals surface area (Å²) in [5.41, 5.74) is 1.52. The summed E-state index contributed by atoms with van der Waals surface area (Å²) in [6.45, 7) is 4.29. The Labute approximate surface area is 219 Å². The summed E-state index contributed by atoms with van der Waals surface area (Å²) in [6, 6.07) is 3.01. The number of carbonyl (C=O) groups is 5. The topological polar surface area (TPSA) is 190 Å². The number of nitrogens with one attached hydrogen (secondary N) is 5. The SMILES string of the molecule is CC(C)CC(NC(=O)C(Cc1c[nH]c2ccccc12)NC(=O)C(CC(=O)O)NC(=O)C1CCCN1)C(=O)O. The van der Waals surface area contributed by atoms with Crippen LogP contribution < -0.4 is 21.3 Å². The number of amides is 3. The number of carboxylic acid groups (broad SMARTS) is 2. The Kier molecular flexibility index (Phi) is 9.83. The summed E-state index contributed by atoms with van der Waals surface area (Å²) in [5.74, 6) is -4.60. The van der Waals surface area contributed by atoms with E-state index in [1.54, 1.807) is 6.20 Å². The third-order valence-electron chi connectivity index (χ3n) is 6.44. The summed E-state index contributed by atoms with van der Waals surface area (Å²) in [6.07, 6.45) is 2.54. The molecule has 38 heavy (non-hydrogen) atoms. The molecule has 1 saturated heterocycles. The zero-order valence-corrected chi connectivity index (χ0v) is 21.5. The lowest BCUT2D eigenvalue weighted by molar-refractivity contribution is -0.143. The van der Waals surface area contributed by atoms with Crippen LogP contribution in [0.4, 0.5) is 0 Å². The van der Waals surface area contributed by atoms with E-state index in [2.05, 4.69) is 26.3 Å². The van der Waals surface area contributed by atoms with E-state index >= 15 is 0 Å². The second-order valence-electron chi connectivity index (χ2n) is 9.96. The zero-order valence-electron chi connectivity index (χ0n) is 21.5. The highest BCUT2D eigenvalue weighted by Gasteiger charge is 2.33. The molecular formula is C26H35N5O7. The van der Waals surface area contributed by atoms with Gasteiger partial charge in [0.2, 0.25) is 17.7 Å². The summed E-state index contributed by atoms with van der Waals surface area (Å²) < 4.78 is 0. The maximum absolute atomic E-state index is 13.3. The fourth-order valence-electron chi connectivity index (χ4n) is 4.53. The quantitative estimate of drug-likeness (QED) is 0.195. The average Bonchev–Trinajstić information content (AvgIpc) is 3.53. The molecule has 0 aliphatic carbocycles. The molecule has 0 bridgehead atoms. The lowest BCUT2D eigenvalue weighted by Gasteiger charge is -2.25. The number of fused-ring (bicyclic) bond motifs is 1. The number of carbonyl (C=O) groups excluding carboxylic acids is 3. The van der Waals surface area contributed by atoms with Crippen LogP contribution in [-0.4, -0.2) is 75.6 Å². The number of aliphatic carboxylic acids is 2. The Morgan fingerprint density at radius 1 is 0.974 bits per heavy atom. The van der Waals surface area contributed by atoms with Gasteiger partial charge >= 0.3 is 11.9 Å². The van der Waals surface area contributed by atoms with Gasteiger partial charge in [-0.25, -0.2) is 4.79 Å². The highest BCUT2D eigenvalue weighted by atomic mass is 16.4. The van der Waals surface area contributed by atoms with E-state index in [4.69, 9.17) is 0 Å². The molecule has 3 rings (SSSR count). The van der Waals surface area contributed by atoms with Gasteiger partial charge in [-0.3, -0.25) is 19.2 Å². The number of hydrogen-bond donors (Lipinski definition) is 7. The Bertz CT molecular complexity index is 1170. The highest BCUT2D eigenvalue weighted by Crippen LogP contribution is 2.19. The molecule has 1 aromatic heterocycles. The zero-order chi connectivity index (χ0) is 27.8. The van der Waals surface area contributed by atoms with Crippen molar-refractivity contribution in [1.82, 2.24) is 26.3 Å². The number of hydrogen-bond acceptors (Lipinski definition) is 6. The monoisotopic (exact) mass is 529 g/mol. The molecule has 0 saturated carbocycles. The third kappa shape index (κ3) is 7.78. The van der Waals surface area contributed by atoms with Gasteiger partial charge in [-0.15, -0.1) is 0 Å². The summed E-state index contributed by atoms with van der Waals surface area (Å²) in [7, 11) is 0. The molecule has 12 heteroatoms. The molecule has 7 N–H and O–H groups in total. The molecule has 4 unspecified atom stereocenters. The standard InChI is InChI=1S/C26H35N5O7/c1-14(2)10-21(26(37)38)31-24(35)19(11-15-13-28-17-7-4-3-6-16(15)17)29-25(36)20(12-22(32)33)30-23(34)18-8-5-9-27-18/h3-4,6-7,13-14,18-21,27-28H,5,8-12H2,1-2H3,(H,29,36)(H,30,34)(H,31,35)(H,32,33)(H,37,38). The van der Waals surface area contributed by atoms with E-state index in [1.807, 2.05) is 38.1 Å². The lowest BCUT2D eigenvalue weighted by Crippen LogP contribution is -2.58. The molecule has 4 atom stereocenters. The van der Waals surface area contributed by atoms with Gasteiger partial charge in [0.15, 0.2) is 0 Å². The van der Waals surface area contributed by atoms with Gasteiger partial charge in [-0.05, 0) is 43.4 Å². The van der Waals surface area contributed by atoms with Crippen molar-refractivity contribution in [2.24, 2.45) is 5.92 Å². The van der Waals surface area contributed by atoms with Crippen molar-refractivity contribution in [1.29, 1.82) is 0 Å². The van der Waals surface area contributed by atoms with Crippen LogP contribution in [0.2, 0.25) is 0 Å².